The summed E-state index contributed by atoms with van der Waals surface area (Å²) in [7, 11) is 0. The second-order valence-corrected chi connectivity index (χ2v) is 3.31. The van der Waals surface area contributed by atoms with Gasteiger partial charge in [-0.1, -0.05) is 11.6 Å². The molecule has 0 saturated heterocycles. The smallest absolute Gasteiger partial charge is 0.127 e. The zero-order chi connectivity index (χ0) is 9.30. The first-order valence-electron chi connectivity index (χ1n) is 3.73. The van der Waals surface area contributed by atoms with Gasteiger partial charge in [0, 0.05) is 16.6 Å². The lowest BCUT2D eigenvalue weighted by atomic mass is 10.1. The molecular weight excluding hydrogens is 177 g/mol. The summed E-state index contributed by atoms with van der Waals surface area (Å²) in [6.45, 7) is 3.43. The summed E-state index contributed by atoms with van der Waals surface area (Å²) < 4.78 is 13.1. The number of nitrogens with two attached hydrogens (primary N) is 1. The van der Waals surface area contributed by atoms with Gasteiger partial charge in [-0.3, -0.25) is 0 Å². The first-order valence-corrected chi connectivity index (χ1v) is 4.11. The molecule has 0 bridgehead atoms. The van der Waals surface area contributed by atoms with Crippen molar-refractivity contribution in [2.75, 3.05) is 0 Å². The maximum atomic E-state index is 13.1. The van der Waals surface area contributed by atoms with Gasteiger partial charge in [0.05, 0.1) is 0 Å². The van der Waals surface area contributed by atoms with Crippen LogP contribution in [0.15, 0.2) is 12.1 Å². The molecule has 0 fully saturated rings. The minimum atomic E-state index is -0.296. The molecule has 0 aliphatic carbocycles. The van der Waals surface area contributed by atoms with Gasteiger partial charge in [0.25, 0.3) is 0 Å². The largest absolute Gasteiger partial charge is 0.324 e. The third-order valence-corrected chi connectivity index (χ3v) is 2.22. The van der Waals surface area contributed by atoms with Crippen LogP contribution in [0.5, 0.6) is 0 Å². The predicted molar refractivity (Wildman–Crippen MR) is 48.7 cm³/mol. The molecule has 1 atom stereocenters. The van der Waals surface area contributed by atoms with Gasteiger partial charge in [-0.2, -0.15) is 0 Å². The van der Waals surface area contributed by atoms with Crippen molar-refractivity contribution in [3.05, 3.63) is 34.1 Å². The van der Waals surface area contributed by atoms with Crippen LogP contribution >= 0.6 is 11.6 Å². The molecule has 0 amide bonds. The van der Waals surface area contributed by atoms with E-state index in [1.165, 1.54) is 6.07 Å². The third kappa shape index (κ3) is 1.76. The van der Waals surface area contributed by atoms with Crippen molar-refractivity contribution in [3.63, 3.8) is 0 Å². The second-order valence-electron chi connectivity index (χ2n) is 2.90. The number of rotatable bonds is 1. The lowest BCUT2D eigenvalue weighted by molar-refractivity contribution is 0.613. The van der Waals surface area contributed by atoms with Gasteiger partial charge in [-0.25, -0.2) is 4.39 Å². The fourth-order valence-corrected chi connectivity index (χ4v) is 1.14. The van der Waals surface area contributed by atoms with Gasteiger partial charge in [0.1, 0.15) is 5.82 Å². The summed E-state index contributed by atoms with van der Waals surface area (Å²) in [6.07, 6.45) is 0. The van der Waals surface area contributed by atoms with Crippen molar-refractivity contribution in [3.8, 4) is 0 Å². The Labute approximate surface area is 76.3 Å². The molecule has 0 radical (unpaired) electrons. The molecule has 1 rings (SSSR count). The summed E-state index contributed by atoms with van der Waals surface area (Å²) in [5, 5.41) is 0.433. The molecule has 1 aromatic carbocycles. The van der Waals surface area contributed by atoms with Crippen LogP contribution in [0.2, 0.25) is 5.02 Å². The minimum Gasteiger partial charge on any atom is -0.324 e. The van der Waals surface area contributed by atoms with Crippen molar-refractivity contribution in [2.24, 2.45) is 5.73 Å². The Balaban J connectivity index is 3.21. The van der Waals surface area contributed by atoms with Crippen LogP contribution in [0.3, 0.4) is 0 Å². The van der Waals surface area contributed by atoms with E-state index in [-0.39, 0.29) is 11.9 Å². The molecule has 1 unspecified atom stereocenters. The molecule has 2 N–H and O–H groups in total. The Bertz CT molecular complexity index is 274. The summed E-state index contributed by atoms with van der Waals surface area (Å²) >= 11 is 5.77. The third-order valence-electron chi connectivity index (χ3n) is 1.83. The second kappa shape index (κ2) is 3.42. The first kappa shape index (κ1) is 9.49. The highest BCUT2D eigenvalue weighted by atomic mass is 35.5. The van der Waals surface area contributed by atoms with Crippen LogP contribution < -0.4 is 5.73 Å². The fourth-order valence-electron chi connectivity index (χ4n) is 0.928. The van der Waals surface area contributed by atoms with E-state index in [0.717, 1.165) is 5.56 Å². The normalized spacial score (nSPS) is 13.1. The van der Waals surface area contributed by atoms with E-state index in [2.05, 4.69) is 0 Å². The fraction of sp³-hybridized carbons (Fsp3) is 0.333. The van der Waals surface area contributed by atoms with E-state index >= 15 is 0 Å². The number of halogens is 2. The molecule has 0 aromatic heterocycles. The minimum absolute atomic E-state index is 0.183. The highest BCUT2D eigenvalue weighted by Gasteiger charge is 2.07. The lowest BCUT2D eigenvalue weighted by Gasteiger charge is -2.08. The highest BCUT2D eigenvalue weighted by Crippen LogP contribution is 2.22. The summed E-state index contributed by atoms with van der Waals surface area (Å²) in [6, 6.07) is 2.94. The summed E-state index contributed by atoms with van der Waals surface area (Å²) in [5.41, 5.74) is 6.77. The molecule has 0 saturated carbocycles. The topological polar surface area (TPSA) is 26.0 Å². The van der Waals surface area contributed by atoms with Crippen molar-refractivity contribution in [1.82, 2.24) is 0 Å². The van der Waals surface area contributed by atoms with Crippen LogP contribution in [0.4, 0.5) is 4.39 Å². The van der Waals surface area contributed by atoms with E-state index in [4.69, 9.17) is 17.3 Å². The first-order chi connectivity index (χ1) is 5.52. The lowest BCUT2D eigenvalue weighted by Crippen LogP contribution is -2.05. The van der Waals surface area contributed by atoms with Crippen LogP contribution in [-0.4, -0.2) is 0 Å². The van der Waals surface area contributed by atoms with Crippen molar-refractivity contribution < 1.29 is 4.39 Å². The molecule has 12 heavy (non-hydrogen) atoms. The van der Waals surface area contributed by atoms with Crippen LogP contribution in [-0.2, 0) is 0 Å². The zero-order valence-electron chi connectivity index (χ0n) is 7.07. The zero-order valence-corrected chi connectivity index (χ0v) is 7.82. The van der Waals surface area contributed by atoms with Gasteiger partial charge < -0.3 is 5.73 Å². The predicted octanol–water partition coefficient (Wildman–Crippen LogP) is 2.81. The highest BCUT2D eigenvalue weighted by molar-refractivity contribution is 6.31. The molecule has 0 spiro atoms. The van der Waals surface area contributed by atoms with Gasteiger partial charge in [0.2, 0.25) is 0 Å². The van der Waals surface area contributed by atoms with Gasteiger partial charge in [-0.05, 0) is 31.5 Å². The molecule has 0 aliphatic rings. The van der Waals surface area contributed by atoms with Crippen LogP contribution in [0.25, 0.3) is 0 Å². The number of hydrogen-bond donors (Lipinski definition) is 1. The number of hydrogen-bond acceptors (Lipinski definition) is 1. The van der Waals surface area contributed by atoms with E-state index < -0.39 is 0 Å². The molecule has 1 aromatic rings. The van der Waals surface area contributed by atoms with Crippen molar-refractivity contribution >= 4 is 11.6 Å². The molecule has 1 nitrogen and oxygen atoms in total. The van der Waals surface area contributed by atoms with E-state index in [9.17, 15) is 4.39 Å². The maximum absolute atomic E-state index is 13.1. The van der Waals surface area contributed by atoms with Crippen molar-refractivity contribution in [1.29, 1.82) is 0 Å². The standard InChI is InChI=1S/C9H11ClFN/c1-5-8(10)3-7(6(2)12)4-9(5)11/h3-4,6H,12H2,1-2H3. The molecule has 66 valence electrons. The Morgan fingerprint density at radius 1 is 1.50 bits per heavy atom. The van der Waals surface area contributed by atoms with Gasteiger partial charge >= 0.3 is 0 Å². The Hall–Kier alpha value is -0.600. The Morgan fingerprint density at radius 2 is 2.08 bits per heavy atom. The Kier molecular flexibility index (Phi) is 2.70. The summed E-state index contributed by atoms with van der Waals surface area (Å²) in [5.74, 6) is -0.296. The Morgan fingerprint density at radius 3 is 2.50 bits per heavy atom. The average Bonchev–Trinajstić information content (AvgIpc) is 1.99. The molecule has 0 aliphatic heterocycles. The maximum Gasteiger partial charge on any atom is 0.127 e. The molecular formula is C9H11ClFN. The van der Waals surface area contributed by atoms with Crippen LogP contribution in [0.1, 0.15) is 24.1 Å². The monoisotopic (exact) mass is 187 g/mol. The average molecular weight is 188 g/mol. The van der Waals surface area contributed by atoms with E-state index in [1.54, 1.807) is 19.9 Å². The quantitative estimate of drug-likeness (QED) is 0.719. The van der Waals surface area contributed by atoms with E-state index in [0.29, 0.717) is 10.6 Å². The van der Waals surface area contributed by atoms with Crippen LogP contribution in [0, 0.1) is 12.7 Å². The molecule has 0 heterocycles. The SMILES string of the molecule is Cc1c(F)cc(C(C)N)cc1Cl. The van der Waals surface area contributed by atoms with E-state index in [1.807, 2.05) is 0 Å². The number of benzene rings is 1. The van der Waals surface area contributed by atoms with Gasteiger partial charge in [0.15, 0.2) is 0 Å². The molecule has 3 heteroatoms. The van der Waals surface area contributed by atoms with Crippen molar-refractivity contribution in [2.45, 2.75) is 19.9 Å². The summed E-state index contributed by atoms with van der Waals surface area (Å²) in [4.78, 5) is 0. The van der Waals surface area contributed by atoms with Gasteiger partial charge in [-0.15, -0.1) is 0 Å².